The minimum absolute atomic E-state index is 0.00821. The summed E-state index contributed by atoms with van der Waals surface area (Å²) in [6, 6.07) is 0.315. The molecule has 0 bridgehead atoms. The van der Waals surface area contributed by atoms with Gasteiger partial charge in [-0.3, -0.25) is 10.1 Å². The van der Waals surface area contributed by atoms with Gasteiger partial charge in [0, 0.05) is 11.4 Å². The molecule has 1 fully saturated rings. The Labute approximate surface area is 134 Å². The molecule has 1 heterocycles. The number of nitrogens with zero attached hydrogens (tertiary/aromatic N) is 1. The second kappa shape index (κ2) is 8.12. The van der Waals surface area contributed by atoms with E-state index < -0.39 is 6.09 Å². The summed E-state index contributed by atoms with van der Waals surface area (Å²) < 4.78 is 5.02. The smallest absolute Gasteiger partial charge is 0.413 e. The van der Waals surface area contributed by atoms with Crippen LogP contribution in [0.3, 0.4) is 0 Å². The molecule has 2 N–H and O–H groups in total. The van der Waals surface area contributed by atoms with Crippen molar-refractivity contribution in [3.8, 4) is 0 Å². The molecule has 1 saturated carbocycles. The molecule has 2 rings (SSSR count). The first-order chi connectivity index (χ1) is 10.5. The van der Waals surface area contributed by atoms with E-state index in [9.17, 15) is 9.59 Å². The molecule has 0 atom stereocenters. The van der Waals surface area contributed by atoms with Crippen LogP contribution in [0, 0.1) is 5.92 Å². The van der Waals surface area contributed by atoms with E-state index in [2.05, 4.69) is 15.6 Å². The summed E-state index contributed by atoms with van der Waals surface area (Å²) in [5, 5.41) is 7.84. The molecule has 1 aromatic rings. The number of rotatable bonds is 6. The van der Waals surface area contributed by atoms with E-state index in [1.165, 1.54) is 24.2 Å². The number of amides is 2. The second-order valence-corrected chi connectivity index (χ2v) is 6.85. The van der Waals surface area contributed by atoms with Crippen molar-refractivity contribution < 1.29 is 14.3 Å². The fourth-order valence-corrected chi connectivity index (χ4v) is 3.02. The molecule has 0 spiro atoms. The molecule has 122 valence electrons. The molecule has 0 saturated heterocycles. The number of anilines is 1. The first-order valence-corrected chi connectivity index (χ1v) is 8.58. The van der Waals surface area contributed by atoms with Gasteiger partial charge in [0.15, 0.2) is 5.13 Å². The number of aromatic nitrogens is 1. The maximum absolute atomic E-state index is 11.9. The highest BCUT2D eigenvalue weighted by Gasteiger charge is 2.18. The van der Waals surface area contributed by atoms with Crippen LogP contribution in [-0.2, 0) is 16.0 Å². The molecular formula is C15H23N3O3S. The van der Waals surface area contributed by atoms with Crippen LogP contribution in [0.5, 0.6) is 0 Å². The topological polar surface area (TPSA) is 80.3 Å². The predicted octanol–water partition coefficient (Wildman–Crippen LogP) is 2.95. The number of carbonyl (C=O) groups excluding carboxylic acids is 2. The minimum atomic E-state index is -0.509. The van der Waals surface area contributed by atoms with Crippen molar-refractivity contribution in [2.75, 3.05) is 11.9 Å². The predicted molar refractivity (Wildman–Crippen MR) is 86.0 cm³/mol. The number of thiazole rings is 1. The molecule has 22 heavy (non-hydrogen) atoms. The van der Waals surface area contributed by atoms with E-state index in [0.717, 1.165) is 12.8 Å². The third kappa shape index (κ3) is 5.63. The van der Waals surface area contributed by atoms with E-state index in [-0.39, 0.29) is 18.2 Å². The molecule has 0 aliphatic heterocycles. The third-order valence-corrected chi connectivity index (χ3v) is 4.18. The molecule has 6 nitrogen and oxygen atoms in total. The van der Waals surface area contributed by atoms with E-state index in [1.807, 2.05) is 13.8 Å². The van der Waals surface area contributed by atoms with Gasteiger partial charge in [0.2, 0.25) is 5.91 Å². The monoisotopic (exact) mass is 325 g/mol. The van der Waals surface area contributed by atoms with Crippen LogP contribution in [0.25, 0.3) is 0 Å². The van der Waals surface area contributed by atoms with E-state index in [1.54, 1.807) is 5.38 Å². The summed E-state index contributed by atoms with van der Waals surface area (Å²) in [6.45, 7) is 4.31. The third-order valence-electron chi connectivity index (χ3n) is 3.37. The van der Waals surface area contributed by atoms with Crippen LogP contribution in [0.1, 0.15) is 45.2 Å². The first kappa shape index (κ1) is 16.7. The average Bonchev–Trinajstić information content (AvgIpc) is 3.08. The summed E-state index contributed by atoms with van der Waals surface area (Å²) in [4.78, 5) is 27.7. The largest absolute Gasteiger partial charge is 0.449 e. The second-order valence-electron chi connectivity index (χ2n) is 5.99. The van der Waals surface area contributed by atoms with Crippen molar-refractivity contribution in [2.24, 2.45) is 5.92 Å². The maximum atomic E-state index is 11.9. The Kier molecular flexibility index (Phi) is 6.18. The Bertz CT molecular complexity index is 510. The highest BCUT2D eigenvalue weighted by atomic mass is 32.1. The van der Waals surface area contributed by atoms with Crippen LogP contribution in [0.2, 0.25) is 0 Å². The van der Waals surface area contributed by atoms with Crippen molar-refractivity contribution >= 4 is 28.5 Å². The van der Waals surface area contributed by atoms with E-state index >= 15 is 0 Å². The van der Waals surface area contributed by atoms with Gasteiger partial charge in [-0.2, -0.15) is 0 Å². The molecule has 1 aliphatic carbocycles. The quantitative estimate of drug-likeness (QED) is 0.842. The molecule has 1 aromatic heterocycles. The fourth-order valence-electron chi connectivity index (χ4n) is 2.32. The zero-order valence-corrected chi connectivity index (χ0v) is 13.9. The van der Waals surface area contributed by atoms with E-state index in [0.29, 0.717) is 23.5 Å². The van der Waals surface area contributed by atoms with Crippen LogP contribution in [-0.4, -0.2) is 29.6 Å². The van der Waals surface area contributed by atoms with Gasteiger partial charge < -0.3 is 10.1 Å². The number of nitrogens with one attached hydrogen (secondary N) is 2. The average molecular weight is 325 g/mol. The standard InChI is InChI=1S/C15H23N3O3S/c1-10(2)8-21-15(20)18-14-17-12(9-22-14)7-13(19)16-11-5-3-4-6-11/h9-11H,3-8H2,1-2H3,(H,16,19)(H,17,18,20). The minimum Gasteiger partial charge on any atom is -0.449 e. The van der Waals surface area contributed by atoms with Crippen molar-refractivity contribution in [1.29, 1.82) is 0 Å². The highest BCUT2D eigenvalue weighted by Crippen LogP contribution is 2.19. The number of hydrogen-bond donors (Lipinski definition) is 2. The summed E-state index contributed by atoms with van der Waals surface area (Å²) >= 11 is 1.29. The summed E-state index contributed by atoms with van der Waals surface area (Å²) in [5.74, 6) is 0.281. The maximum Gasteiger partial charge on any atom is 0.413 e. The zero-order chi connectivity index (χ0) is 15.9. The van der Waals surface area contributed by atoms with Gasteiger partial charge in [0.1, 0.15) is 0 Å². The van der Waals surface area contributed by atoms with Gasteiger partial charge in [0.25, 0.3) is 0 Å². The van der Waals surface area contributed by atoms with E-state index in [4.69, 9.17) is 4.74 Å². The summed E-state index contributed by atoms with van der Waals surface area (Å²) in [7, 11) is 0. The molecule has 2 amide bonds. The van der Waals surface area contributed by atoms with Crippen LogP contribution in [0.4, 0.5) is 9.93 Å². The van der Waals surface area contributed by atoms with Gasteiger partial charge >= 0.3 is 6.09 Å². The fraction of sp³-hybridized carbons (Fsp3) is 0.667. The van der Waals surface area contributed by atoms with Crippen LogP contribution >= 0.6 is 11.3 Å². The lowest BCUT2D eigenvalue weighted by Gasteiger charge is -2.10. The van der Waals surface area contributed by atoms with Gasteiger partial charge in [-0.05, 0) is 18.8 Å². The molecule has 0 unspecified atom stereocenters. The highest BCUT2D eigenvalue weighted by molar-refractivity contribution is 7.13. The lowest BCUT2D eigenvalue weighted by molar-refractivity contribution is -0.121. The van der Waals surface area contributed by atoms with Gasteiger partial charge in [-0.1, -0.05) is 26.7 Å². The van der Waals surface area contributed by atoms with Gasteiger partial charge in [0.05, 0.1) is 18.7 Å². The molecule has 0 radical (unpaired) electrons. The Morgan fingerprint density at radius 3 is 2.82 bits per heavy atom. The first-order valence-electron chi connectivity index (χ1n) is 7.70. The normalized spacial score (nSPS) is 15.0. The Hall–Kier alpha value is -1.63. The van der Waals surface area contributed by atoms with Crippen LogP contribution in [0.15, 0.2) is 5.38 Å². The zero-order valence-electron chi connectivity index (χ0n) is 13.1. The lowest BCUT2D eigenvalue weighted by atomic mass is 10.2. The SMILES string of the molecule is CC(C)COC(=O)Nc1nc(CC(=O)NC2CCCC2)cs1. The molecular weight excluding hydrogens is 302 g/mol. The molecule has 7 heteroatoms. The Morgan fingerprint density at radius 2 is 2.14 bits per heavy atom. The number of ether oxygens (including phenoxy) is 1. The van der Waals surface area contributed by atoms with Crippen molar-refractivity contribution in [1.82, 2.24) is 10.3 Å². The van der Waals surface area contributed by atoms with Crippen molar-refractivity contribution in [3.05, 3.63) is 11.1 Å². The molecule has 0 aromatic carbocycles. The Balaban J connectivity index is 1.75. The number of hydrogen-bond acceptors (Lipinski definition) is 5. The van der Waals surface area contributed by atoms with Gasteiger partial charge in [-0.15, -0.1) is 11.3 Å². The summed E-state index contributed by atoms with van der Waals surface area (Å²) in [5.41, 5.74) is 0.666. The van der Waals surface area contributed by atoms with Crippen molar-refractivity contribution in [3.63, 3.8) is 0 Å². The van der Waals surface area contributed by atoms with Gasteiger partial charge in [-0.25, -0.2) is 9.78 Å². The van der Waals surface area contributed by atoms with Crippen molar-refractivity contribution in [2.45, 2.75) is 52.0 Å². The summed E-state index contributed by atoms with van der Waals surface area (Å²) in [6.07, 6.45) is 4.25. The van der Waals surface area contributed by atoms with Crippen LogP contribution < -0.4 is 10.6 Å². The Morgan fingerprint density at radius 1 is 1.41 bits per heavy atom. The number of carbonyl (C=O) groups is 2. The molecule has 1 aliphatic rings. The lowest BCUT2D eigenvalue weighted by Crippen LogP contribution is -2.33.